The predicted octanol–water partition coefficient (Wildman–Crippen LogP) is 1.30. The summed E-state index contributed by atoms with van der Waals surface area (Å²) in [5, 5.41) is 14.5. The average Bonchev–Trinajstić information content (AvgIpc) is 2.34. The van der Waals surface area contributed by atoms with Crippen LogP contribution in [0.3, 0.4) is 0 Å². The number of rotatable bonds is 5. The van der Waals surface area contributed by atoms with E-state index in [-0.39, 0.29) is 18.6 Å². The molecule has 1 amide bonds. The number of ether oxygens (including phenoxy) is 1. The molecule has 1 rings (SSSR count). The van der Waals surface area contributed by atoms with Gasteiger partial charge in [-0.3, -0.25) is 4.79 Å². The zero-order chi connectivity index (χ0) is 11.8. The molecule has 0 radical (unpaired) electrons. The molecular formula is C11H20N2O3. The Balaban J connectivity index is 2.12. The van der Waals surface area contributed by atoms with Crippen LogP contribution in [-0.2, 0) is 9.53 Å². The van der Waals surface area contributed by atoms with E-state index in [2.05, 4.69) is 10.5 Å². The Labute approximate surface area is 95.9 Å². The molecule has 0 unspecified atom stereocenters. The minimum atomic E-state index is -0.0523. The topological polar surface area (TPSA) is 70.9 Å². The summed E-state index contributed by atoms with van der Waals surface area (Å²) in [6, 6.07) is 0. The van der Waals surface area contributed by atoms with Gasteiger partial charge >= 0.3 is 0 Å². The predicted molar refractivity (Wildman–Crippen MR) is 60.7 cm³/mol. The first-order valence-electron chi connectivity index (χ1n) is 5.84. The molecule has 0 aromatic carbocycles. The van der Waals surface area contributed by atoms with Crippen LogP contribution in [0.25, 0.3) is 0 Å². The van der Waals surface area contributed by atoms with Crippen LogP contribution in [0.1, 0.15) is 39.0 Å². The van der Waals surface area contributed by atoms with Gasteiger partial charge in [0, 0.05) is 6.54 Å². The van der Waals surface area contributed by atoms with Crippen LogP contribution in [0.4, 0.5) is 0 Å². The van der Waals surface area contributed by atoms with Crippen LogP contribution in [0.2, 0.25) is 0 Å². The highest BCUT2D eigenvalue weighted by Gasteiger charge is 2.19. The summed E-state index contributed by atoms with van der Waals surface area (Å²) < 4.78 is 5.49. The third-order valence-electron chi connectivity index (χ3n) is 2.67. The highest BCUT2D eigenvalue weighted by molar-refractivity contribution is 5.84. The van der Waals surface area contributed by atoms with E-state index in [4.69, 9.17) is 9.94 Å². The first-order valence-corrected chi connectivity index (χ1v) is 5.84. The Bertz CT molecular complexity index is 244. The Kier molecular flexibility index (Phi) is 5.85. The lowest BCUT2D eigenvalue weighted by atomic mass is 9.96. The lowest BCUT2D eigenvalue weighted by Crippen LogP contribution is -2.31. The van der Waals surface area contributed by atoms with Gasteiger partial charge in [-0.15, -0.1) is 0 Å². The molecule has 5 nitrogen and oxygen atoms in total. The fourth-order valence-corrected chi connectivity index (χ4v) is 1.70. The molecule has 0 spiro atoms. The van der Waals surface area contributed by atoms with Gasteiger partial charge in [-0.25, -0.2) is 0 Å². The molecule has 0 heterocycles. The highest BCUT2D eigenvalue weighted by Crippen LogP contribution is 2.18. The van der Waals surface area contributed by atoms with Crippen molar-refractivity contribution in [2.75, 3.05) is 13.2 Å². The molecule has 0 bridgehead atoms. The van der Waals surface area contributed by atoms with Crippen molar-refractivity contribution in [1.29, 1.82) is 0 Å². The maximum Gasteiger partial charge on any atom is 0.246 e. The number of nitrogens with zero attached hydrogens (tertiary/aromatic N) is 1. The zero-order valence-electron chi connectivity index (χ0n) is 9.74. The number of carbonyl (C=O) groups excluding carboxylic acids is 1. The highest BCUT2D eigenvalue weighted by atomic mass is 16.5. The van der Waals surface area contributed by atoms with Crippen LogP contribution in [-0.4, -0.2) is 36.1 Å². The van der Waals surface area contributed by atoms with Gasteiger partial charge in [-0.05, 0) is 32.1 Å². The molecular weight excluding hydrogens is 208 g/mol. The fraction of sp³-hybridized carbons (Fsp3) is 0.818. The van der Waals surface area contributed by atoms with Gasteiger partial charge in [-0.2, -0.15) is 0 Å². The number of hydrogen-bond acceptors (Lipinski definition) is 4. The number of amides is 1. The van der Waals surface area contributed by atoms with Gasteiger partial charge in [0.2, 0.25) is 5.91 Å². The van der Waals surface area contributed by atoms with Crippen molar-refractivity contribution < 1.29 is 14.7 Å². The average molecular weight is 228 g/mol. The number of oxime groups is 1. The Morgan fingerprint density at radius 1 is 1.56 bits per heavy atom. The first-order chi connectivity index (χ1) is 7.76. The Morgan fingerprint density at radius 2 is 2.25 bits per heavy atom. The van der Waals surface area contributed by atoms with Crippen LogP contribution < -0.4 is 5.32 Å². The summed E-state index contributed by atoms with van der Waals surface area (Å²) in [5.74, 6) is -0.0523. The van der Waals surface area contributed by atoms with Crippen LogP contribution in [0, 0.1) is 0 Å². The normalized spacial score (nSPS) is 20.6. The SMILES string of the molecule is CCCNC(=O)COC1CCC(=NO)CC1. The Morgan fingerprint density at radius 3 is 2.81 bits per heavy atom. The Hall–Kier alpha value is -1.10. The molecule has 0 saturated heterocycles. The second-order valence-electron chi connectivity index (χ2n) is 4.03. The van der Waals surface area contributed by atoms with E-state index >= 15 is 0 Å². The third-order valence-corrected chi connectivity index (χ3v) is 2.67. The van der Waals surface area contributed by atoms with Gasteiger partial charge in [0.25, 0.3) is 0 Å². The van der Waals surface area contributed by atoms with Crippen LogP contribution in [0.15, 0.2) is 5.16 Å². The van der Waals surface area contributed by atoms with Gasteiger partial charge < -0.3 is 15.3 Å². The summed E-state index contributed by atoms with van der Waals surface area (Å²) in [7, 11) is 0. The summed E-state index contributed by atoms with van der Waals surface area (Å²) in [6.45, 7) is 2.85. The molecule has 16 heavy (non-hydrogen) atoms. The largest absolute Gasteiger partial charge is 0.411 e. The van der Waals surface area contributed by atoms with Gasteiger partial charge in [0.1, 0.15) is 6.61 Å². The van der Waals surface area contributed by atoms with E-state index < -0.39 is 0 Å². The molecule has 1 aliphatic rings. The monoisotopic (exact) mass is 228 g/mol. The second-order valence-corrected chi connectivity index (χ2v) is 4.03. The molecule has 1 fully saturated rings. The van der Waals surface area contributed by atoms with Crippen molar-refractivity contribution >= 4 is 11.6 Å². The molecule has 1 aliphatic carbocycles. The van der Waals surface area contributed by atoms with Crippen molar-refractivity contribution in [2.45, 2.75) is 45.1 Å². The van der Waals surface area contributed by atoms with Crippen molar-refractivity contribution in [3.8, 4) is 0 Å². The lowest BCUT2D eigenvalue weighted by Gasteiger charge is -2.22. The molecule has 0 aliphatic heterocycles. The molecule has 2 N–H and O–H groups in total. The van der Waals surface area contributed by atoms with Crippen molar-refractivity contribution in [3.63, 3.8) is 0 Å². The number of carbonyl (C=O) groups is 1. The third kappa shape index (κ3) is 4.61. The van der Waals surface area contributed by atoms with E-state index in [0.717, 1.165) is 37.8 Å². The van der Waals surface area contributed by atoms with Crippen LogP contribution in [0.5, 0.6) is 0 Å². The van der Waals surface area contributed by atoms with E-state index in [1.165, 1.54) is 0 Å². The minimum Gasteiger partial charge on any atom is -0.411 e. The molecule has 92 valence electrons. The fourth-order valence-electron chi connectivity index (χ4n) is 1.70. The molecule has 0 aromatic rings. The second kappa shape index (κ2) is 7.22. The van der Waals surface area contributed by atoms with E-state index in [9.17, 15) is 4.79 Å². The summed E-state index contributed by atoms with van der Waals surface area (Å²) in [6.07, 6.45) is 4.25. The van der Waals surface area contributed by atoms with Crippen molar-refractivity contribution in [1.82, 2.24) is 5.32 Å². The smallest absolute Gasteiger partial charge is 0.246 e. The van der Waals surface area contributed by atoms with E-state index in [1.807, 2.05) is 6.92 Å². The zero-order valence-corrected chi connectivity index (χ0v) is 9.74. The van der Waals surface area contributed by atoms with Gasteiger partial charge in [0.05, 0.1) is 11.8 Å². The van der Waals surface area contributed by atoms with E-state index in [1.54, 1.807) is 0 Å². The molecule has 0 atom stereocenters. The van der Waals surface area contributed by atoms with Gasteiger partial charge in [0.15, 0.2) is 0 Å². The standard InChI is InChI=1S/C11H20N2O3/c1-2-7-12-11(14)8-16-10-5-3-9(13-15)4-6-10/h10,15H,2-8H2,1H3,(H,12,14). The maximum absolute atomic E-state index is 11.3. The molecule has 5 heteroatoms. The summed E-state index contributed by atoms with van der Waals surface area (Å²) in [5.41, 5.74) is 0.829. The number of hydrogen-bond donors (Lipinski definition) is 2. The summed E-state index contributed by atoms with van der Waals surface area (Å²) in [4.78, 5) is 11.3. The quantitative estimate of drug-likeness (QED) is 0.550. The summed E-state index contributed by atoms with van der Waals surface area (Å²) >= 11 is 0. The number of nitrogens with one attached hydrogen (secondary N) is 1. The first kappa shape index (κ1) is 13.0. The van der Waals surface area contributed by atoms with Crippen molar-refractivity contribution in [3.05, 3.63) is 0 Å². The lowest BCUT2D eigenvalue weighted by molar-refractivity contribution is -0.128. The molecule has 1 saturated carbocycles. The van der Waals surface area contributed by atoms with Gasteiger partial charge in [-0.1, -0.05) is 12.1 Å². The minimum absolute atomic E-state index is 0.0523. The van der Waals surface area contributed by atoms with Crippen molar-refractivity contribution in [2.24, 2.45) is 5.16 Å². The van der Waals surface area contributed by atoms with Crippen LogP contribution >= 0.6 is 0 Å². The van der Waals surface area contributed by atoms with E-state index in [0.29, 0.717) is 6.54 Å². The maximum atomic E-state index is 11.3. The molecule has 0 aromatic heterocycles.